The summed E-state index contributed by atoms with van der Waals surface area (Å²) in [7, 11) is 0. The quantitative estimate of drug-likeness (QED) is 0.173. The highest BCUT2D eigenvalue weighted by atomic mass is 19.4. The molecule has 62 heavy (non-hydrogen) atoms. The standard InChI is InChI=1S/C53H27F3N6/c54-53(55,56)40-19-22-41(39(23-40)30-59)38-26-51(61-47-7-3-1-5-42(47)44-20-17-36(24-49(44)61)34-13-9-32(28-57)10-14-34)46(31-60)52(27-38)62-48-8-4-2-6-43(48)45-21-18-37(25-50(45)62)35-15-11-33(29-58)12-16-35/h1-27H. The fraction of sp³-hybridized carbons (Fsp3) is 0.0189. The van der Waals surface area contributed by atoms with E-state index in [1.807, 2.05) is 124 Å². The number of benzene rings is 8. The Morgan fingerprint density at radius 2 is 0.839 bits per heavy atom. The number of nitriles is 4. The summed E-state index contributed by atoms with van der Waals surface area (Å²) in [6.07, 6.45) is -4.67. The number of alkyl halides is 3. The highest BCUT2D eigenvalue weighted by Crippen LogP contribution is 2.43. The maximum absolute atomic E-state index is 14.0. The molecule has 0 radical (unpaired) electrons. The highest BCUT2D eigenvalue weighted by Gasteiger charge is 2.31. The van der Waals surface area contributed by atoms with E-state index in [4.69, 9.17) is 0 Å². The summed E-state index contributed by atoms with van der Waals surface area (Å²) in [4.78, 5) is 0. The minimum absolute atomic E-state index is 0.169. The first-order valence-electron chi connectivity index (χ1n) is 19.5. The number of hydrogen-bond acceptors (Lipinski definition) is 4. The molecule has 290 valence electrons. The number of para-hydroxylation sites is 2. The molecule has 0 aliphatic rings. The minimum Gasteiger partial charge on any atom is -0.308 e. The molecule has 6 nitrogen and oxygen atoms in total. The lowest BCUT2D eigenvalue weighted by Gasteiger charge is -2.19. The molecule has 0 saturated carbocycles. The fourth-order valence-electron chi connectivity index (χ4n) is 8.59. The summed E-state index contributed by atoms with van der Waals surface area (Å²) in [5.74, 6) is 0. The predicted octanol–water partition coefficient (Wildman–Crippen LogP) is 13.4. The number of rotatable bonds is 5. The Labute approximate surface area is 352 Å². The zero-order valence-corrected chi connectivity index (χ0v) is 32.4. The van der Waals surface area contributed by atoms with Gasteiger partial charge in [0, 0.05) is 21.5 Å². The molecular weight excluding hydrogens is 778 g/mol. The molecule has 0 fully saturated rings. The van der Waals surface area contributed by atoms with Crippen LogP contribution in [0.4, 0.5) is 13.2 Å². The Bertz CT molecular complexity index is 3460. The van der Waals surface area contributed by atoms with Gasteiger partial charge in [0.25, 0.3) is 0 Å². The summed E-state index contributed by atoms with van der Waals surface area (Å²) in [5, 5.41) is 44.4. The van der Waals surface area contributed by atoms with Crippen LogP contribution in [0.2, 0.25) is 0 Å². The molecule has 0 amide bonds. The van der Waals surface area contributed by atoms with E-state index in [0.29, 0.717) is 28.1 Å². The molecular formula is C53H27F3N6. The van der Waals surface area contributed by atoms with E-state index < -0.39 is 11.7 Å². The van der Waals surface area contributed by atoms with Crippen LogP contribution in [0.5, 0.6) is 0 Å². The SMILES string of the molecule is N#Cc1ccc(-c2ccc3c4ccccc4n(-c4cc(-c5ccc(C(F)(F)F)cc5C#N)cc(-n5c6ccccc6c6ccc(-c7ccc(C#N)cc7)cc65)c4C#N)c3c2)cc1. The first-order chi connectivity index (χ1) is 30.2. The third-order valence-electron chi connectivity index (χ3n) is 11.5. The molecule has 2 aromatic heterocycles. The predicted molar refractivity (Wildman–Crippen MR) is 235 cm³/mol. The second kappa shape index (κ2) is 14.4. The van der Waals surface area contributed by atoms with Crippen molar-refractivity contribution in [3.8, 4) is 69.0 Å². The first kappa shape index (κ1) is 37.4. The van der Waals surface area contributed by atoms with Crippen molar-refractivity contribution in [2.45, 2.75) is 6.18 Å². The normalized spacial score (nSPS) is 11.4. The highest BCUT2D eigenvalue weighted by molar-refractivity contribution is 6.12. The van der Waals surface area contributed by atoms with Crippen LogP contribution in [-0.2, 0) is 6.18 Å². The summed E-state index contributed by atoms with van der Waals surface area (Å²) < 4.78 is 46.1. The molecule has 9 heteroatoms. The van der Waals surface area contributed by atoms with Gasteiger partial charge in [-0.05, 0) is 106 Å². The van der Waals surface area contributed by atoms with Gasteiger partial charge in [-0.1, -0.05) is 91.0 Å². The number of fused-ring (bicyclic) bond motifs is 6. The van der Waals surface area contributed by atoms with Gasteiger partial charge in [0.2, 0.25) is 0 Å². The van der Waals surface area contributed by atoms with Crippen LogP contribution >= 0.6 is 0 Å². The van der Waals surface area contributed by atoms with Gasteiger partial charge >= 0.3 is 6.18 Å². The first-order valence-corrected chi connectivity index (χ1v) is 19.5. The van der Waals surface area contributed by atoms with Gasteiger partial charge < -0.3 is 9.13 Å². The van der Waals surface area contributed by atoms with Crippen LogP contribution in [-0.4, -0.2) is 9.13 Å². The van der Waals surface area contributed by atoms with Crippen molar-refractivity contribution in [2.24, 2.45) is 0 Å². The van der Waals surface area contributed by atoms with Crippen molar-refractivity contribution in [3.63, 3.8) is 0 Å². The second-order valence-corrected chi connectivity index (χ2v) is 14.9. The maximum Gasteiger partial charge on any atom is 0.416 e. The van der Waals surface area contributed by atoms with Gasteiger partial charge in [-0.2, -0.15) is 34.2 Å². The molecule has 10 aromatic rings. The van der Waals surface area contributed by atoms with Crippen molar-refractivity contribution < 1.29 is 13.2 Å². The van der Waals surface area contributed by atoms with Gasteiger partial charge in [-0.15, -0.1) is 0 Å². The molecule has 0 atom stereocenters. The van der Waals surface area contributed by atoms with Crippen LogP contribution in [0.15, 0.2) is 164 Å². The van der Waals surface area contributed by atoms with Crippen LogP contribution < -0.4 is 0 Å². The Morgan fingerprint density at radius 1 is 0.387 bits per heavy atom. The Balaban J connectivity index is 1.33. The summed E-state index contributed by atoms with van der Waals surface area (Å²) >= 11 is 0. The van der Waals surface area contributed by atoms with Gasteiger partial charge in [0.05, 0.1) is 73.9 Å². The largest absolute Gasteiger partial charge is 0.416 e. The molecule has 8 aromatic carbocycles. The van der Waals surface area contributed by atoms with E-state index in [9.17, 15) is 34.2 Å². The molecule has 0 bridgehead atoms. The zero-order valence-electron chi connectivity index (χ0n) is 32.4. The lowest BCUT2D eigenvalue weighted by Crippen LogP contribution is -2.07. The monoisotopic (exact) mass is 804 g/mol. The van der Waals surface area contributed by atoms with Crippen LogP contribution in [0.3, 0.4) is 0 Å². The maximum atomic E-state index is 14.0. The van der Waals surface area contributed by atoms with E-state index >= 15 is 0 Å². The second-order valence-electron chi connectivity index (χ2n) is 14.9. The number of nitrogens with zero attached hydrogens (tertiary/aromatic N) is 6. The Hall–Kier alpha value is -8.89. The Kier molecular flexibility index (Phi) is 8.70. The summed E-state index contributed by atoms with van der Waals surface area (Å²) in [6, 6.07) is 58.0. The third kappa shape index (κ3) is 6.01. The van der Waals surface area contributed by atoms with Gasteiger partial charge in [0.15, 0.2) is 0 Å². The molecule has 0 N–H and O–H groups in total. The van der Waals surface area contributed by atoms with Crippen molar-refractivity contribution >= 4 is 43.6 Å². The molecule has 0 spiro atoms. The lowest BCUT2D eigenvalue weighted by molar-refractivity contribution is -0.137. The topological polar surface area (TPSA) is 105 Å². The molecule has 2 heterocycles. The van der Waals surface area contributed by atoms with Gasteiger partial charge in [-0.25, -0.2) is 0 Å². The van der Waals surface area contributed by atoms with Gasteiger partial charge in [0.1, 0.15) is 11.6 Å². The Morgan fingerprint density at radius 3 is 1.27 bits per heavy atom. The lowest BCUT2D eigenvalue weighted by atomic mass is 9.95. The molecule has 10 rings (SSSR count). The van der Waals surface area contributed by atoms with E-state index in [1.54, 1.807) is 36.4 Å². The van der Waals surface area contributed by atoms with Crippen LogP contribution in [0.25, 0.3) is 88.4 Å². The third-order valence-corrected chi connectivity index (χ3v) is 11.5. The van der Waals surface area contributed by atoms with E-state index in [1.165, 1.54) is 6.07 Å². The average Bonchev–Trinajstić information content (AvgIpc) is 3.82. The molecule has 0 aliphatic carbocycles. The smallest absolute Gasteiger partial charge is 0.308 e. The fourth-order valence-corrected chi connectivity index (χ4v) is 8.59. The molecule has 0 aliphatic heterocycles. The van der Waals surface area contributed by atoms with E-state index in [2.05, 4.69) is 18.2 Å². The van der Waals surface area contributed by atoms with Crippen LogP contribution in [0.1, 0.15) is 27.8 Å². The molecule has 0 saturated heterocycles. The van der Waals surface area contributed by atoms with Crippen molar-refractivity contribution in [1.29, 1.82) is 21.0 Å². The number of halogens is 3. The van der Waals surface area contributed by atoms with Crippen molar-refractivity contribution in [1.82, 2.24) is 9.13 Å². The molecule has 0 unspecified atom stereocenters. The number of hydrogen-bond donors (Lipinski definition) is 0. The number of aromatic nitrogens is 2. The average molecular weight is 805 g/mol. The van der Waals surface area contributed by atoms with E-state index in [0.717, 1.165) is 78.0 Å². The van der Waals surface area contributed by atoms with Crippen molar-refractivity contribution in [3.05, 3.63) is 192 Å². The van der Waals surface area contributed by atoms with Gasteiger partial charge in [-0.3, -0.25) is 0 Å². The summed E-state index contributed by atoms with van der Waals surface area (Å²) in [5.41, 5.74) is 8.47. The van der Waals surface area contributed by atoms with Crippen LogP contribution in [0, 0.1) is 45.3 Å². The van der Waals surface area contributed by atoms with E-state index in [-0.39, 0.29) is 16.7 Å². The zero-order chi connectivity index (χ0) is 42.7. The minimum atomic E-state index is -4.67. The summed E-state index contributed by atoms with van der Waals surface area (Å²) in [6.45, 7) is 0. The van der Waals surface area contributed by atoms with Crippen molar-refractivity contribution in [2.75, 3.05) is 0 Å².